The molecule has 6 nitrogen and oxygen atoms in total. The summed E-state index contributed by atoms with van der Waals surface area (Å²) in [6.07, 6.45) is 1.73. The molecule has 0 saturated heterocycles. The van der Waals surface area contributed by atoms with E-state index in [-0.39, 0.29) is 16.9 Å². The van der Waals surface area contributed by atoms with Crippen LogP contribution in [0.15, 0.2) is 60.1 Å². The van der Waals surface area contributed by atoms with Crippen molar-refractivity contribution in [3.05, 3.63) is 76.4 Å². The second-order valence-electron chi connectivity index (χ2n) is 5.72. The molecule has 134 valence electrons. The Morgan fingerprint density at radius 3 is 2.63 bits per heavy atom. The van der Waals surface area contributed by atoms with Crippen LogP contribution in [0.2, 0.25) is 5.02 Å². The van der Waals surface area contributed by atoms with Gasteiger partial charge in [-0.05, 0) is 35.9 Å². The first-order valence-electron chi connectivity index (χ1n) is 7.89. The number of carbonyl (C=O) groups is 2. The maximum atomic E-state index is 12.6. The molecular weight excluding hydrogens is 386 g/mol. The molecule has 0 aliphatic carbocycles. The molecule has 0 spiro atoms. The number of hydrogen-bond donors (Lipinski definition) is 2. The lowest BCUT2D eigenvalue weighted by molar-refractivity contribution is 0.0699. The van der Waals surface area contributed by atoms with Gasteiger partial charge in [0.1, 0.15) is 5.56 Å². The van der Waals surface area contributed by atoms with E-state index < -0.39 is 11.9 Å². The number of carboxylic acid groups (broad SMARTS) is 1. The van der Waals surface area contributed by atoms with Gasteiger partial charge >= 0.3 is 5.97 Å². The van der Waals surface area contributed by atoms with Gasteiger partial charge in [0.15, 0.2) is 5.69 Å². The number of halogens is 1. The zero-order chi connectivity index (χ0) is 19.0. The molecule has 1 aromatic carbocycles. The van der Waals surface area contributed by atoms with E-state index in [9.17, 15) is 14.7 Å². The first-order valence-corrected chi connectivity index (χ1v) is 9.15. The highest BCUT2D eigenvalue weighted by Crippen LogP contribution is 2.36. The predicted molar refractivity (Wildman–Crippen MR) is 105 cm³/mol. The number of aromatic nitrogens is 2. The lowest BCUT2D eigenvalue weighted by atomic mass is 10.1. The van der Waals surface area contributed by atoms with Crippen molar-refractivity contribution >= 4 is 46.0 Å². The second kappa shape index (κ2) is 6.86. The molecule has 3 heterocycles. The number of pyridine rings is 1. The van der Waals surface area contributed by atoms with E-state index in [2.05, 4.69) is 10.4 Å². The van der Waals surface area contributed by atoms with Gasteiger partial charge in [0, 0.05) is 16.6 Å². The minimum Gasteiger partial charge on any atom is -0.478 e. The van der Waals surface area contributed by atoms with Gasteiger partial charge in [-0.1, -0.05) is 29.8 Å². The van der Waals surface area contributed by atoms with Crippen molar-refractivity contribution in [3.63, 3.8) is 0 Å². The van der Waals surface area contributed by atoms with Gasteiger partial charge in [0.25, 0.3) is 5.91 Å². The number of aromatic carboxylic acids is 1. The zero-order valence-electron chi connectivity index (χ0n) is 13.7. The smallest absolute Gasteiger partial charge is 0.339 e. The topological polar surface area (TPSA) is 83.7 Å². The average Bonchev–Trinajstić information content (AvgIpc) is 3.26. The molecule has 0 aliphatic rings. The first-order chi connectivity index (χ1) is 13.0. The number of carbonyl (C=O) groups excluding carboxylic acids is 1. The van der Waals surface area contributed by atoms with Crippen molar-refractivity contribution in [2.24, 2.45) is 0 Å². The standard InChI is InChI=1S/C19H12ClN3O3S/c20-12-6-4-11(5-7-12)17-16(19(25)26)15(10-27-17)21-18(24)14-9-13-3-1-2-8-23(13)22-14/h1-10H,(H,21,24)(H,25,26). The number of thiophene rings is 1. The van der Waals surface area contributed by atoms with Gasteiger partial charge in [0.2, 0.25) is 0 Å². The molecule has 0 fully saturated rings. The molecule has 4 aromatic rings. The largest absolute Gasteiger partial charge is 0.478 e. The average molecular weight is 398 g/mol. The van der Waals surface area contributed by atoms with Crippen molar-refractivity contribution in [3.8, 4) is 10.4 Å². The summed E-state index contributed by atoms with van der Waals surface area (Å²) in [6.45, 7) is 0. The molecule has 1 amide bonds. The zero-order valence-corrected chi connectivity index (χ0v) is 15.3. The molecule has 4 rings (SSSR count). The number of carboxylic acids is 1. The lowest BCUT2D eigenvalue weighted by Crippen LogP contribution is -2.14. The number of rotatable bonds is 4. The monoisotopic (exact) mass is 397 g/mol. The molecule has 0 atom stereocenters. The summed E-state index contributed by atoms with van der Waals surface area (Å²) in [4.78, 5) is 24.9. The van der Waals surface area contributed by atoms with E-state index in [1.165, 1.54) is 11.3 Å². The molecular formula is C19H12ClN3O3S. The highest BCUT2D eigenvalue weighted by Gasteiger charge is 2.22. The Morgan fingerprint density at radius 1 is 1.15 bits per heavy atom. The predicted octanol–water partition coefficient (Wildman–Crippen LogP) is 4.67. The first kappa shape index (κ1) is 17.3. The van der Waals surface area contributed by atoms with Crippen LogP contribution in [-0.4, -0.2) is 26.6 Å². The highest BCUT2D eigenvalue weighted by atomic mass is 35.5. The summed E-state index contributed by atoms with van der Waals surface area (Å²) in [7, 11) is 0. The Labute approximate surface area is 162 Å². The Balaban J connectivity index is 1.68. The Kier molecular flexibility index (Phi) is 4.39. The summed E-state index contributed by atoms with van der Waals surface area (Å²) in [5.74, 6) is -1.59. The molecule has 27 heavy (non-hydrogen) atoms. The summed E-state index contributed by atoms with van der Waals surface area (Å²) in [5, 5.41) is 18.7. The van der Waals surface area contributed by atoms with Crippen molar-refractivity contribution in [1.29, 1.82) is 0 Å². The third-order valence-corrected chi connectivity index (χ3v) is 5.24. The van der Waals surface area contributed by atoms with Gasteiger partial charge in [-0.15, -0.1) is 11.3 Å². The van der Waals surface area contributed by atoms with Crippen LogP contribution in [0.25, 0.3) is 16.0 Å². The van der Waals surface area contributed by atoms with Crippen LogP contribution < -0.4 is 5.32 Å². The van der Waals surface area contributed by atoms with Crippen LogP contribution >= 0.6 is 22.9 Å². The number of anilines is 1. The van der Waals surface area contributed by atoms with Crippen molar-refractivity contribution in [1.82, 2.24) is 9.61 Å². The minimum absolute atomic E-state index is 0.0411. The van der Waals surface area contributed by atoms with Gasteiger partial charge in [-0.2, -0.15) is 5.10 Å². The third kappa shape index (κ3) is 3.30. The van der Waals surface area contributed by atoms with Gasteiger partial charge in [0.05, 0.1) is 16.1 Å². The van der Waals surface area contributed by atoms with E-state index in [0.29, 0.717) is 9.90 Å². The fourth-order valence-electron chi connectivity index (χ4n) is 2.71. The molecule has 0 radical (unpaired) electrons. The van der Waals surface area contributed by atoms with E-state index in [1.807, 2.05) is 18.2 Å². The fourth-order valence-corrected chi connectivity index (χ4v) is 3.84. The van der Waals surface area contributed by atoms with Crippen molar-refractivity contribution in [2.45, 2.75) is 0 Å². The van der Waals surface area contributed by atoms with Gasteiger partial charge in [-0.3, -0.25) is 4.79 Å². The number of nitrogens with zero attached hydrogens (tertiary/aromatic N) is 2. The van der Waals surface area contributed by atoms with Crippen molar-refractivity contribution in [2.75, 3.05) is 5.32 Å². The number of amides is 1. The van der Waals surface area contributed by atoms with E-state index in [4.69, 9.17) is 11.6 Å². The van der Waals surface area contributed by atoms with Crippen LogP contribution in [0.4, 0.5) is 5.69 Å². The summed E-state index contributed by atoms with van der Waals surface area (Å²) >= 11 is 7.14. The summed E-state index contributed by atoms with van der Waals surface area (Å²) in [5.41, 5.74) is 1.97. The van der Waals surface area contributed by atoms with E-state index >= 15 is 0 Å². The molecule has 2 N–H and O–H groups in total. The second-order valence-corrected chi connectivity index (χ2v) is 7.04. The number of nitrogens with one attached hydrogen (secondary N) is 1. The highest BCUT2D eigenvalue weighted by molar-refractivity contribution is 7.14. The number of hydrogen-bond acceptors (Lipinski definition) is 4. The number of fused-ring (bicyclic) bond motifs is 1. The van der Waals surface area contributed by atoms with Crippen molar-refractivity contribution < 1.29 is 14.7 Å². The molecule has 8 heteroatoms. The van der Waals surface area contributed by atoms with Crippen LogP contribution in [0, 0.1) is 0 Å². The van der Waals surface area contributed by atoms with Gasteiger partial charge < -0.3 is 10.4 Å². The van der Waals surface area contributed by atoms with E-state index in [0.717, 1.165) is 11.1 Å². The van der Waals surface area contributed by atoms with Crippen LogP contribution in [0.5, 0.6) is 0 Å². The Hall–Kier alpha value is -3.16. The van der Waals surface area contributed by atoms with Crippen LogP contribution in [0.1, 0.15) is 20.8 Å². The van der Waals surface area contributed by atoms with Gasteiger partial charge in [-0.25, -0.2) is 9.31 Å². The fraction of sp³-hybridized carbons (Fsp3) is 0. The molecule has 0 saturated carbocycles. The normalized spacial score (nSPS) is 10.9. The van der Waals surface area contributed by atoms with Crippen LogP contribution in [-0.2, 0) is 0 Å². The Morgan fingerprint density at radius 2 is 1.93 bits per heavy atom. The lowest BCUT2D eigenvalue weighted by Gasteiger charge is -2.05. The summed E-state index contributed by atoms with van der Waals surface area (Å²) < 4.78 is 1.58. The maximum Gasteiger partial charge on any atom is 0.339 e. The quantitative estimate of drug-likeness (QED) is 0.524. The molecule has 3 aromatic heterocycles. The molecule has 0 unspecified atom stereocenters. The Bertz CT molecular complexity index is 1130. The summed E-state index contributed by atoms with van der Waals surface area (Å²) in [6, 6.07) is 14.0. The number of benzene rings is 1. The molecule has 0 aliphatic heterocycles. The van der Waals surface area contributed by atoms with Crippen LogP contribution in [0.3, 0.4) is 0 Å². The minimum atomic E-state index is -1.12. The SMILES string of the molecule is O=C(Nc1csc(-c2ccc(Cl)cc2)c1C(=O)O)c1cc2ccccn2n1. The molecule has 0 bridgehead atoms. The third-order valence-electron chi connectivity index (χ3n) is 3.96. The maximum absolute atomic E-state index is 12.6. The van der Waals surface area contributed by atoms with E-state index in [1.54, 1.807) is 46.4 Å².